The zero-order valence-electron chi connectivity index (χ0n) is 15.7. The van der Waals surface area contributed by atoms with E-state index in [-0.39, 0.29) is 45.3 Å². The molecule has 0 unspecified atom stereocenters. The van der Waals surface area contributed by atoms with Crippen molar-refractivity contribution in [3.63, 3.8) is 0 Å². The molecule has 28 heavy (non-hydrogen) atoms. The van der Waals surface area contributed by atoms with Gasteiger partial charge in [0.2, 0.25) is 0 Å². The lowest BCUT2D eigenvalue weighted by molar-refractivity contribution is 0.0526. The second-order valence-corrected chi connectivity index (χ2v) is 8.26. The van der Waals surface area contributed by atoms with Crippen LogP contribution in [-0.2, 0) is 14.8 Å². The van der Waals surface area contributed by atoms with Gasteiger partial charge in [-0.15, -0.1) is 0 Å². The molecule has 9 heteroatoms. The molecule has 2 rings (SSSR count). The molecule has 7 nitrogen and oxygen atoms in total. The van der Waals surface area contributed by atoms with Crippen molar-refractivity contribution in [1.29, 1.82) is 0 Å². The highest BCUT2D eigenvalue weighted by atomic mass is 35.5. The number of hydrogen-bond donors (Lipinski definition) is 2. The Morgan fingerprint density at radius 1 is 1.07 bits per heavy atom. The lowest BCUT2D eigenvalue weighted by Gasteiger charge is -2.13. The molecule has 0 fully saturated rings. The first-order chi connectivity index (χ1) is 13.1. The van der Waals surface area contributed by atoms with Crippen LogP contribution in [0.4, 0.5) is 5.69 Å². The Balaban J connectivity index is 2.26. The lowest BCUT2D eigenvalue weighted by atomic mass is 10.2. The number of nitrogens with one attached hydrogen (secondary N) is 2. The van der Waals surface area contributed by atoms with Gasteiger partial charge in [-0.05, 0) is 63.2 Å². The molecule has 0 aromatic heterocycles. The van der Waals surface area contributed by atoms with Crippen LogP contribution in [0.5, 0.6) is 0 Å². The number of amides is 1. The van der Waals surface area contributed by atoms with Gasteiger partial charge in [-0.2, -0.15) is 0 Å². The number of rotatable bonds is 7. The Bertz CT molecular complexity index is 972. The number of benzene rings is 2. The van der Waals surface area contributed by atoms with Crippen LogP contribution in [-0.4, -0.2) is 32.9 Å². The summed E-state index contributed by atoms with van der Waals surface area (Å²) in [6, 6.07) is 9.55. The van der Waals surface area contributed by atoms with E-state index in [9.17, 15) is 18.0 Å². The van der Waals surface area contributed by atoms with Crippen LogP contribution >= 0.6 is 11.6 Å². The molecule has 0 saturated heterocycles. The van der Waals surface area contributed by atoms with E-state index in [1.165, 1.54) is 42.5 Å². The normalized spacial score (nSPS) is 11.2. The SMILES string of the molecule is CCOC(=O)c1ccc(S(=O)(=O)Nc2cc(C(=O)NC(C)C)ccc2Cl)cc1. The molecule has 0 aliphatic heterocycles. The molecule has 0 saturated carbocycles. The van der Waals surface area contributed by atoms with Crippen LogP contribution in [0.15, 0.2) is 47.4 Å². The Labute approximate surface area is 169 Å². The minimum Gasteiger partial charge on any atom is -0.462 e. The molecule has 0 heterocycles. The van der Waals surface area contributed by atoms with Gasteiger partial charge in [0, 0.05) is 11.6 Å². The van der Waals surface area contributed by atoms with Gasteiger partial charge < -0.3 is 10.1 Å². The molecular formula is C19H21ClN2O5S. The predicted molar refractivity (Wildman–Crippen MR) is 107 cm³/mol. The maximum atomic E-state index is 12.6. The van der Waals surface area contributed by atoms with Crippen molar-refractivity contribution in [2.24, 2.45) is 0 Å². The molecule has 0 aliphatic rings. The lowest BCUT2D eigenvalue weighted by Crippen LogP contribution is -2.30. The van der Waals surface area contributed by atoms with Crippen molar-refractivity contribution in [2.75, 3.05) is 11.3 Å². The minimum absolute atomic E-state index is 0.0614. The van der Waals surface area contributed by atoms with Crippen molar-refractivity contribution in [1.82, 2.24) is 5.32 Å². The molecule has 2 N–H and O–H groups in total. The van der Waals surface area contributed by atoms with E-state index in [2.05, 4.69) is 10.0 Å². The number of hydrogen-bond acceptors (Lipinski definition) is 5. The number of carbonyl (C=O) groups excluding carboxylic acids is 2. The number of anilines is 1. The maximum Gasteiger partial charge on any atom is 0.338 e. The average molecular weight is 425 g/mol. The standard InChI is InChI=1S/C19H21ClN2O5S/c1-4-27-19(24)13-5-8-15(9-6-13)28(25,26)22-17-11-14(7-10-16(17)20)18(23)21-12(2)3/h5-12,22H,4H2,1-3H3,(H,21,23). The Morgan fingerprint density at radius 3 is 2.25 bits per heavy atom. The van der Waals surface area contributed by atoms with Crippen LogP contribution in [0.25, 0.3) is 0 Å². The average Bonchev–Trinajstić information content (AvgIpc) is 2.63. The van der Waals surface area contributed by atoms with Crippen molar-refractivity contribution < 1.29 is 22.7 Å². The van der Waals surface area contributed by atoms with E-state index in [0.717, 1.165) is 0 Å². The van der Waals surface area contributed by atoms with Gasteiger partial charge in [0.1, 0.15) is 0 Å². The van der Waals surface area contributed by atoms with Crippen LogP contribution < -0.4 is 10.0 Å². The number of ether oxygens (including phenoxy) is 1. The highest BCUT2D eigenvalue weighted by Gasteiger charge is 2.18. The summed E-state index contributed by atoms with van der Waals surface area (Å²) in [5.74, 6) is -0.878. The first-order valence-corrected chi connectivity index (χ1v) is 10.4. The summed E-state index contributed by atoms with van der Waals surface area (Å²) in [6.45, 7) is 5.54. The maximum absolute atomic E-state index is 12.6. The van der Waals surface area contributed by atoms with E-state index in [1.807, 2.05) is 13.8 Å². The molecular weight excluding hydrogens is 404 g/mol. The molecule has 0 radical (unpaired) electrons. The summed E-state index contributed by atoms with van der Waals surface area (Å²) in [4.78, 5) is 23.7. The van der Waals surface area contributed by atoms with E-state index in [0.29, 0.717) is 0 Å². The molecule has 0 aliphatic carbocycles. The van der Waals surface area contributed by atoms with Gasteiger partial charge >= 0.3 is 5.97 Å². The molecule has 1 amide bonds. The van der Waals surface area contributed by atoms with E-state index in [4.69, 9.17) is 16.3 Å². The fraction of sp³-hybridized carbons (Fsp3) is 0.263. The summed E-state index contributed by atoms with van der Waals surface area (Å²) in [5, 5.41) is 2.87. The third-order valence-electron chi connectivity index (χ3n) is 3.57. The second kappa shape index (κ2) is 9.07. The van der Waals surface area contributed by atoms with E-state index in [1.54, 1.807) is 6.92 Å². The van der Waals surface area contributed by atoms with E-state index < -0.39 is 16.0 Å². The Morgan fingerprint density at radius 2 is 1.68 bits per heavy atom. The van der Waals surface area contributed by atoms with Crippen LogP contribution in [0.1, 0.15) is 41.5 Å². The Hall–Kier alpha value is -2.58. The highest BCUT2D eigenvalue weighted by molar-refractivity contribution is 7.92. The molecule has 0 spiro atoms. The number of halogens is 1. The first-order valence-electron chi connectivity index (χ1n) is 8.54. The largest absolute Gasteiger partial charge is 0.462 e. The van der Waals surface area contributed by atoms with Crippen molar-refractivity contribution in [3.05, 3.63) is 58.6 Å². The first kappa shape index (κ1) is 21.7. The van der Waals surface area contributed by atoms with Gasteiger partial charge in [0.15, 0.2) is 0 Å². The third-order valence-corrected chi connectivity index (χ3v) is 5.28. The van der Waals surface area contributed by atoms with Gasteiger partial charge in [0.05, 0.1) is 27.8 Å². The predicted octanol–water partition coefficient (Wildman–Crippen LogP) is 3.46. The zero-order chi connectivity index (χ0) is 20.9. The third kappa shape index (κ3) is 5.46. The monoisotopic (exact) mass is 424 g/mol. The fourth-order valence-corrected chi connectivity index (χ4v) is 3.57. The van der Waals surface area contributed by atoms with Crippen LogP contribution in [0.2, 0.25) is 5.02 Å². The van der Waals surface area contributed by atoms with Crippen LogP contribution in [0.3, 0.4) is 0 Å². The summed E-state index contributed by atoms with van der Waals surface area (Å²) in [7, 11) is -3.97. The summed E-state index contributed by atoms with van der Waals surface area (Å²) >= 11 is 6.08. The van der Waals surface area contributed by atoms with Crippen molar-refractivity contribution >= 4 is 39.2 Å². The highest BCUT2D eigenvalue weighted by Crippen LogP contribution is 2.26. The van der Waals surface area contributed by atoms with Gasteiger partial charge in [0.25, 0.3) is 15.9 Å². The molecule has 150 valence electrons. The number of sulfonamides is 1. The number of carbonyl (C=O) groups is 2. The van der Waals surface area contributed by atoms with Crippen LogP contribution in [0, 0.1) is 0 Å². The fourth-order valence-electron chi connectivity index (χ4n) is 2.28. The van der Waals surface area contributed by atoms with Crippen molar-refractivity contribution in [2.45, 2.75) is 31.7 Å². The van der Waals surface area contributed by atoms with Gasteiger partial charge in [-0.1, -0.05) is 11.6 Å². The summed E-state index contributed by atoms with van der Waals surface area (Å²) in [5.41, 5.74) is 0.590. The molecule has 2 aromatic rings. The molecule has 0 atom stereocenters. The topological polar surface area (TPSA) is 102 Å². The molecule has 0 bridgehead atoms. The van der Waals surface area contributed by atoms with Crippen molar-refractivity contribution in [3.8, 4) is 0 Å². The quantitative estimate of drug-likeness (QED) is 0.663. The minimum atomic E-state index is -3.97. The second-order valence-electron chi connectivity index (χ2n) is 6.17. The summed E-state index contributed by atoms with van der Waals surface area (Å²) < 4.78 is 32.5. The summed E-state index contributed by atoms with van der Waals surface area (Å²) in [6.07, 6.45) is 0. The zero-order valence-corrected chi connectivity index (χ0v) is 17.2. The van der Waals surface area contributed by atoms with Gasteiger partial charge in [-0.3, -0.25) is 9.52 Å². The Kier molecular flexibility index (Phi) is 7.04. The molecule has 2 aromatic carbocycles. The van der Waals surface area contributed by atoms with E-state index >= 15 is 0 Å². The van der Waals surface area contributed by atoms with Gasteiger partial charge in [-0.25, -0.2) is 13.2 Å². The smallest absolute Gasteiger partial charge is 0.338 e. The number of esters is 1.